The van der Waals surface area contributed by atoms with Gasteiger partial charge in [-0.25, -0.2) is 5.43 Å². The van der Waals surface area contributed by atoms with Gasteiger partial charge in [0.25, 0.3) is 0 Å². The molecule has 0 radical (unpaired) electrons. The zero-order valence-electron chi connectivity index (χ0n) is 9.66. The van der Waals surface area contributed by atoms with Gasteiger partial charge in [-0.3, -0.25) is 5.84 Å². The second-order valence-corrected chi connectivity index (χ2v) is 3.84. The van der Waals surface area contributed by atoms with E-state index in [9.17, 15) is 0 Å². The Labute approximate surface area is 96.0 Å². The van der Waals surface area contributed by atoms with Crippen molar-refractivity contribution in [1.29, 1.82) is 5.26 Å². The Bertz CT molecular complexity index is 369. The van der Waals surface area contributed by atoms with E-state index in [0.29, 0.717) is 13.0 Å². The van der Waals surface area contributed by atoms with Gasteiger partial charge in [-0.2, -0.15) is 5.26 Å². The summed E-state index contributed by atoms with van der Waals surface area (Å²) in [6.45, 7) is 4.36. The van der Waals surface area contributed by atoms with E-state index in [1.54, 1.807) is 6.92 Å². The van der Waals surface area contributed by atoms with Crippen molar-refractivity contribution >= 4 is 0 Å². The summed E-state index contributed by atoms with van der Waals surface area (Å²) in [5.41, 5.74) is 2.84. The van der Waals surface area contributed by atoms with E-state index in [0.717, 1.165) is 11.3 Å². The van der Waals surface area contributed by atoms with E-state index in [1.165, 1.54) is 0 Å². The van der Waals surface area contributed by atoms with E-state index >= 15 is 0 Å². The highest BCUT2D eigenvalue weighted by Gasteiger charge is 2.21. The van der Waals surface area contributed by atoms with Crippen LogP contribution in [0.4, 0.5) is 0 Å². The standard InChI is InChI=1S/C12H17N3O/c1-3-16-11-6-4-10(5-7-11)8-12(2,9-13)15-14/h4-7,15H,3,8,14H2,1-2H3. The number of benzene rings is 1. The average molecular weight is 219 g/mol. The molecule has 0 saturated carbocycles. The number of nitrogens with zero attached hydrogens (tertiary/aromatic N) is 1. The number of hydrazine groups is 1. The fourth-order valence-corrected chi connectivity index (χ4v) is 1.40. The fourth-order valence-electron chi connectivity index (χ4n) is 1.40. The lowest BCUT2D eigenvalue weighted by Gasteiger charge is -2.20. The number of hydrogen-bond acceptors (Lipinski definition) is 4. The lowest BCUT2D eigenvalue weighted by Crippen LogP contribution is -2.47. The second kappa shape index (κ2) is 5.50. The minimum Gasteiger partial charge on any atom is -0.494 e. The van der Waals surface area contributed by atoms with Gasteiger partial charge in [0.15, 0.2) is 0 Å². The molecule has 0 spiro atoms. The lowest BCUT2D eigenvalue weighted by molar-refractivity contribution is 0.340. The van der Waals surface area contributed by atoms with Crippen LogP contribution in [0.5, 0.6) is 5.75 Å². The summed E-state index contributed by atoms with van der Waals surface area (Å²) in [5.74, 6) is 6.18. The first-order valence-corrected chi connectivity index (χ1v) is 5.24. The van der Waals surface area contributed by atoms with Crippen molar-refractivity contribution in [2.24, 2.45) is 5.84 Å². The van der Waals surface area contributed by atoms with E-state index in [2.05, 4.69) is 11.5 Å². The molecule has 0 heterocycles. The van der Waals surface area contributed by atoms with Gasteiger partial charge in [0.05, 0.1) is 12.7 Å². The van der Waals surface area contributed by atoms with Crippen LogP contribution in [0.25, 0.3) is 0 Å². The molecule has 3 N–H and O–H groups in total. The Balaban J connectivity index is 2.72. The Hall–Kier alpha value is -1.57. The zero-order valence-corrected chi connectivity index (χ0v) is 9.66. The molecule has 1 atom stereocenters. The molecule has 0 saturated heterocycles. The predicted octanol–water partition coefficient (Wildman–Crippen LogP) is 1.37. The van der Waals surface area contributed by atoms with Gasteiger partial charge in [0.2, 0.25) is 0 Å². The van der Waals surface area contributed by atoms with Crippen LogP contribution in [0.15, 0.2) is 24.3 Å². The van der Waals surface area contributed by atoms with Crippen molar-refractivity contribution in [2.45, 2.75) is 25.8 Å². The maximum absolute atomic E-state index is 8.97. The molecular weight excluding hydrogens is 202 g/mol. The van der Waals surface area contributed by atoms with Gasteiger partial charge in [-0.05, 0) is 31.5 Å². The predicted molar refractivity (Wildman–Crippen MR) is 62.7 cm³/mol. The largest absolute Gasteiger partial charge is 0.494 e. The molecule has 16 heavy (non-hydrogen) atoms. The maximum Gasteiger partial charge on any atom is 0.119 e. The van der Waals surface area contributed by atoms with Crippen LogP contribution in [-0.4, -0.2) is 12.1 Å². The molecule has 4 heteroatoms. The molecular formula is C12H17N3O. The maximum atomic E-state index is 8.97. The van der Waals surface area contributed by atoms with Crippen molar-refractivity contribution in [2.75, 3.05) is 6.61 Å². The number of nitrogens with one attached hydrogen (secondary N) is 1. The summed E-state index contributed by atoms with van der Waals surface area (Å²) < 4.78 is 5.34. The summed E-state index contributed by atoms with van der Waals surface area (Å²) >= 11 is 0. The van der Waals surface area contributed by atoms with E-state index in [1.807, 2.05) is 31.2 Å². The Morgan fingerprint density at radius 3 is 2.50 bits per heavy atom. The van der Waals surface area contributed by atoms with Crippen LogP contribution >= 0.6 is 0 Å². The Morgan fingerprint density at radius 1 is 1.44 bits per heavy atom. The summed E-state index contributed by atoms with van der Waals surface area (Å²) in [7, 11) is 0. The quantitative estimate of drug-likeness (QED) is 0.579. The molecule has 0 fully saturated rings. The SMILES string of the molecule is CCOc1ccc(CC(C)(C#N)NN)cc1. The number of ether oxygens (including phenoxy) is 1. The van der Waals surface area contributed by atoms with Gasteiger partial charge >= 0.3 is 0 Å². The third-order valence-corrected chi connectivity index (χ3v) is 2.36. The highest BCUT2D eigenvalue weighted by molar-refractivity contribution is 5.29. The Kier molecular flexibility index (Phi) is 4.29. The van der Waals surface area contributed by atoms with Crippen molar-refractivity contribution in [3.8, 4) is 11.8 Å². The minimum atomic E-state index is -0.729. The molecule has 0 aromatic heterocycles. The first kappa shape index (κ1) is 12.5. The molecule has 0 aliphatic heterocycles. The molecule has 4 nitrogen and oxygen atoms in total. The molecule has 1 unspecified atom stereocenters. The average Bonchev–Trinajstić information content (AvgIpc) is 2.32. The molecule has 1 rings (SSSR count). The molecule has 86 valence electrons. The number of rotatable bonds is 5. The van der Waals surface area contributed by atoms with Gasteiger partial charge in [0.1, 0.15) is 11.3 Å². The number of nitriles is 1. The molecule has 1 aromatic rings. The Morgan fingerprint density at radius 2 is 2.06 bits per heavy atom. The number of nitrogens with two attached hydrogens (primary N) is 1. The smallest absolute Gasteiger partial charge is 0.119 e. The van der Waals surface area contributed by atoms with Crippen LogP contribution in [0.2, 0.25) is 0 Å². The van der Waals surface area contributed by atoms with Crippen LogP contribution in [0, 0.1) is 11.3 Å². The number of hydrogen-bond donors (Lipinski definition) is 2. The molecule has 0 bridgehead atoms. The van der Waals surface area contributed by atoms with Crippen molar-refractivity contribution in [3.05, 3.63) is 29.8 Å². The molecule has 0 aliphatic carbocycles. The van der Waals surface area contributed by atoms with E-state index in [4.69, 9.17) is 15.8 Å². The van der Waals surface area contributed by atoms with Gasteiger partial charge in [-0.1, -0.05) is 12.1 Å². The summed E-state index contributed by atoms with van der Waals surface area (Å²) in [4.78, 5) is 0. The summed E-state index contributed by atoms with van der Waals surface area (Å²) in [6, 6.07) is 9.83. The first-order chi connectivity index (χ1) is 7.63. The molecule has 1 aromatic carbocycles. The molecule has 0 aliphatic rings. The van der Waals surface area contributed by atoms with Crippen LogP contribution < -0.4 is 16.0 Å². The van der Waals surface area contributed by atoms with Crippen molar-refractivity contribution in [1.82, 2.24) is 5.43 Å². The highest BCUT2D eigenvalue weighted by Crippen LogP contribution is 2.16. The summed E-state index contributed by atoms with van der Waals surface area (Å²) in [6.07, 6.45) is 0.562. The lowest BCUT2D eigenvalue weighted by atomic mass is 9.95. The minimum absolute atomic E-state index is 0.562. The van der Waals surface area contributed by atoms with E-state index < -0.39 is 5.54 Å². The highest BCUT2D eigenvalue weighted by atomic mass is 16.5. The summed E-state index contributed by atoms with van der Waals surface area (Å²) in [5, 5.41) is 8.97. The van der Waals surface area contributed by atoms with E-state index in [-0.39, 0.29) is 0 Å². The topological polar surface area (TPSA) is 71.1 Å². The molecule has 0 amide bonds. The van der Waals surface area contributed by atoms with Crippen molar-refractivity contribution < 1.29 is 4.74 Å². The third-order valence-electron chi connectivity index (χ3n) is 2.36. The second-order valence-electron chi connectivity index (χ2n) is 3.84. The van der Waals surface area contributed by atoms with Crippen LogP contribution in [0.3, 0.4) is 0 Å². The van der Waals surface area contributed by atoms with Crippen molar-refractivity contribution in [3.63, 3.8) is 0 Å². The normalized spacial score (nSPS) is 13.9. The van der Waals surface area contributed by atoms with Crippen LogP contribution in [0.1, 0.15) is 19.4 Å². The first-order valence-electron chi connectivity index (χ1n) is 5.24. The van der Waals surface area contributed by atoms with Gasteiger partial charge in [-0.15, -0.1) is 0 Å². The fraction of sp³-hybridized carbons (Fsp3) is 0.417. The van der Waals surface area contributed by atoms with Gasteiger partial charge in [0, 0.05) is 6.42 Å². The third kappa shape index (κ3) is 3.23. The zero-order chi connectivity index (χ0) is 12.0. The van der Waals surface area contributed by atoms with Crippen LogP contribution in [-0.2, 0) is 6.42 Å². The monoisotopic (exact) mass is 219 g/mol. The van der Waals surface area contributed by atoms with Gasteiger partial charge < -0.3 is 4.74 Å².